The van der Waals surface area contributed by atoms with Gasteiger partial charge in [0.1, 0.15) is 11.6 Å². The molecule has 0 spiro atoms. The van der Waals surface area contributed by atoms with E-state index >= 15 is 0 Å². The Balaban J connectivity index is 1.81. The van der Waals surface area contributed by atoms with Crippen molar-refractivity contribution in [3.05, 3.63) is 59.8 Å². The second kappa shape index (κ2) is 8.28. The minimum Gasteiger partial charge on any atom is -0.384 e. The molecular formula is C22H24N6O. The number of H-pyrrole nitrogens is 1. The van der Waals surface area contributed by atoms with Gasteiger partial charge in [0.05, 0.1) is 6.61 Å². The van der Waals surface area contributed by atoms with Crippen LogP contribution in [-0.4, -0.2) is 40.9 Å². The molecule has 7 heteroatoms. The molecule has 2 aromatic carbocycles. The summed E-state index contributed by atoms with van der Waals surface area (Å²) in [6.07, 6.45) is 0.677. The SMILES string of the molecule is CNc1nc(-c2ccc3ccccc3c2)nc(Nc2cc(C)[nH]n2)c1CCOC. The average molecular weight is 388 g/mol. The number of fused-ring (bicyclic) bond motifs is 1. The molecular weight excluding hydrogens is 364 g/mol. The molecule has 4 rings (SSSR count). The topological polar surface area (TPSA) is 87.8 Å². The number of ether oxygens (including phenoxy) is 1. The molecule has 0 fully saturated rings. The molecule has 4 aromatic rings. The Bertz CT molecular complexity index is 1140. The number of hydrogen-bond acceptors (Lipinski definition) is 6. The van der Waals surface area contributed by atoms with Crippen molar-refractivity contribution in [2.45, 2.75) is 13.3 Å². The number of nitrogens with zero attached hydrogens (tertiary/aromatic N) is 3. The van der Waals surface area contributed by atoms with Crippen molar-refractivity contribution < 1.29 is 4.74 Å². The van der Waals surface area contributed by atoms with Gasteiger partial charge in [-0.25, -0.2) is 9.97 Å². The Kier molecular flexibility index (Phi) is 5.39. The van der Waals surface area contributed by atoms with E-state index in [0.717, 1.165) is 33.8 Å². The lowest BCUT2D eigenvalue weighted by Crippen LogP contribution is -2.10. The maximum Gasteiger partial charge on any atom is 0.163 e. The van der Waals surface area contributed by atoms with Crippen molar-refractivity contribution in [1.82, 2.24) is 20.2 Å². The fourth-order valence-electron chi connectivity index (χ4n) is 3.30. The maximum atomic E-state index is 5.28. The van der Waals surface area contributed by atoms with Crippen LogP contribution in [0.1, 0.15) is 11.3 Å². The number of methoxy groups -OCH3 is 1. The first kappa shape index (κ1) is 18.9. The lowest BCUT2D eigenvalue weighted by molar-refractivity contribution is 0.202. The first-order chi connectivity index (χ1) is 14.2. The highest BCUT2D eigenvalue weighted by Crippen LogP contribution is 2.29. The van der Waals surface area contributed by atoms with Crippen molar-refractivity contribution in [1.29, 1.82) is 0 Å². The quantitative estimate of drug-likeness (QED) is 0.437. The van der Waals surface area contributed by atoms with E-state index in [1.807, 2.05) is 32.2 Å². The number of anilines is 3. The van der Waals surface area contributed by atoms with Gasteiger partial charge in [-0.1, -0.05) is 36.4 Å². The van der Waals surface area contributed by atoms with Gasteiger partial charge in [-0.2, -0.15) is 5.10 Å². The smallest absolute Gasteiger partial charge is 0.163 e. The Morgan fingerprint density at radius 3 is 2.52 bits per heavy atom. The van der Waals surface area contributed by atoms with Gasteiger partial charge in [0.2, 0.25) is 0 Å². The molecule has 0 saturated heterocycles. The van der Waals surface area contributed by atoms with Gasteiger partial charge in [0.15, 0.2) is 11.6 Å². The fourth-order valence-corrected chi connectivity index (χ4v) is 3.30. The molecule has 0 atom stereocenters. The highest BCUT2D eigenvalue weighted by molar-refractivity contribution is 5.86. The highest BCUT2D eigenvalue weighted by atomic mass is 16.5. The summed E-state index contributed by atoms with van der Waals surface area (Å²) in [7, 11) is 3.55. The summed E-state index contributed by atoms with van der Waals surface area (Å²) in [6.45, 7) is 2.53. The minimum absolute atomic E-state index is 0.571. The number of nitrogens with one attached hydrogen (secondary N) is 3. The van der Waals surface area contributed by atoms with E-state index in [4.69, 9.17) is 14.7 Å². The van der Waals surface area contributed by atoms with Gasteiger partial charge in [-0.05, 0) is 23.8 Å². The third kappa shape index (κ3) is 4.05. The first-order valence-corrected chi connectivity index (χ1v) is 9.53. The molecule has 3 N–H and O–H groups in total. The summed E-state index contributed by atoms with van der Waals surface area (Å²) >= 11 is 0. The van der Waals surface area contributed by atoms with Gasteiger partial charge in [0.25, 0.3) is 0 Å². The summed E-state index contributed by atoms with van der Waals surface area (Å²) in [5, 5.41) is 16.1. The predicted octanol–water partition coefficient (Wildman–Crippen LogP) is 4.30. The third-order valence-electron chi connectivity index (χ3n) is 4.76. The van der Waals surface area contributed by atoms with Crippen molar-refractivity contribution >= 4 is 28.2 Å². The largest absolute Gasteiger partial charge is 0.384 e. The molecule has 7 nitrogen and oxygen atoms in total. The molecule has 0 aliphatic heterocycles. The number of benzene rings is 2. The second-order valence-corrected chi connectivity index (χ2v) is 6.84. The molecule has 0 amide bonds. The number of aromatic nitrogens is 4. The molecule has 29 heavy (non-hydrogen) atoms. The van der Waals surface area contributed by atoms with Gasteiger partial charge < -0.3 is 15.4 Å². The zero-order valence-corrected chi connectivity index (χ0v) is 16.8. The molecule has 0 aliphatic rings. The van der Waals surface area contributed by atoms with Crippen LogP contribution in [0.15, 0.2) is 48.5 Å². The molecule has 148 valence electrons. The van der Waals surface area contributed by atoms with E-state index in [1.54, 1.807) is 7.11 Å². The van der Waals surface area contributed by atoms with Crippen molar-refractivity contribution in [3.8, 4) is 11.4 Å². The van der Waals surface area contributed by atoms with Crippen LogP contribution in [0, 0.1) is 6.92 Å². The summed E-state index contributed by atoms with van der Waals surface area (Å²) in [6, 6.07) is 16.5. The molecule has 0 bridgehead atoms. The Hall–Kier alpha value is -3.45. The Morgan fingerprint density at radius 1 is 1.00 bits per heavy atom. The van der Waals surface area contributed by atoms with Crippen molar-refractivity contribution in [3.63, 3.8) is 0 Å². The van der Waals surface area contributed by atoms with Crippen LogP contribution in [0.25, 0.3) is 22.2 Å². The lowest BCUT2D eigenvalue weighted by Gasteiger charge is -2.15. The van der Waals surface area contributed by atoms with E-state index in [-0.39, 0.29) is 0 Å². The number of rotatable bonds is 7. The second-order valence-electron chi connectivity index (χ2n) is 6.84. The predicted molar refractivity (Wildman–Crippen MR) is 117 cm³/mol. The highest BCUT2D eigenvalue weighted by Gasteiger charge is 2.16. The number of hydrogen-bond donors (Lipinski definition) is 3. The van der Waals surface area contributed by atoms with Crippen LogP contribution in [-0.2, 0) is 11.2 Å². The normalized spacial score (nSPS) is 11.0. The summed E-state index contributed by atoms with van der Waals surface area (Å²) < 4.78 is 5.28. The molecule has 0 aliphatic carbocycles. The van der Waals surface area contributed by atoms with Crippen LogP contribution in [0.2, 0.25) is 0 Å². The number of aromatic amines is 1. The van der Waals surface area contributed by atoms with E-state index in [1.165, 1.54) is 5.39 Å². The number of aryl methyl sites for hydroxylation is 1. The molecule has 2 aromatic heterocycles. The van der Waals surface area contributed by atoms with Crippen molar-refractivity contribution in [2.24, 2.45) is 0 Å². The summed E-state index contributed by atoms with van der Waals surface area (Å²) in [5.74, 6) is 2.86. The van der Waals surface area contributed by atoms with E-state index < -0.39 is 0 Å². The first-order valence-electron chi connectivity index (χ1n) is 9.53. The monoisotopic (exact) mass is 388 g/mol. The standard InChI is InChI=1S/C22H24N6O/c1-14-12-19(28-27-14)24-22-18(10-11-29-3)21(23-2)25-20(26-22)17-9-8-15-6-4-5-7-16(15)13-17/h4-9,12-13H,10-11H2,1-3H3,(H3,23,24,25,26,27,28). The van der Waals surface area contributed by atoms with Crippen LogP contribution in [0.5, 0.6) is 0 Å². The summed E-state index contributed by atoms with van der Waals surface area (Å²) in [4.78, 5) is 9.63. The molecule has 0 radical (unpaired) electrons. The van der Waals surface area contributed by atoms with Crippen LogP contribution >= 0.6 is 0 Å². The van der Waals surface area contributed by atoms with Gasteiger partial charge in [-0.3, -0.25) is 5.10 Å². The van der Waals surface area contributed by atoms with E-state index in [0.29, 0.717) is 24.7 Å². The summed E-state index contributed by atoms with van der Waals surface area (Å²) in [5.41, 5.74) is 2.89. The van der Waals surface area contributed by atoms with Crippen LogP contribution in [0.3, 0.4) is 0 Å². The van der Waals surface area contributed by atoms with Crippen LogP contribution in [0.4, 0.5) is 17.5 Å². The Labute approximate surface area is 169 Å². The maximum absolute atomic E-state index is 5.28. The third-order valence-corrected chi connectivity index (χ3v) is 4.76. The van der Waals surface area contributed by atoms with Crippen molar-refractivity contribution in [2.75, 3.05) is 31.4 Å². The zero-order valence-electron chi connectivity index (χ0n) is 16.8. The average Bonchev–Trinajstić information content (AvgIpc) is 3.16. The minimum atomic E-state index is 0.571. The Morgan fingerprint density at radius 2 is 1.79 bits per heavy atom. The fraction of sp³-hybridized carbons (Fsp3) is 0.227. The molecule has 0 unspecified atom stereocenters. The van der Waals surface area contributed by atoms with Gasteiger partial charge in [0, 0.05) is 43.5 Å². The lowest BCUT2D eigenvalue weighted by atomic mass is 10.1. The van der Waals surface area contributed by atoms with Gasteiger partial charge in [-0.15, -0.1) is 0 Å². The van der Waals surface area contributed by atoms with Crippen LogP contribution < -0.4 is 10.6 Å². The van der Waals surface area contributed by atoms with Gasteiger partial charge >= 0.3 is 0 Å². The van der Waals surface area contributed by atoms with E-state index in [9.17, 15) is 0 Å². The molecule has 2 heterocycles. The van der Waals surface area contributed by atoms with E-state index in [2.05, 4.69) is 51.2 Å². The zero-order chi connectivity index (χ0) is 20.2. The molecule has 0 saturated carbocycles.